The summed E-state index contributed by atoms with van der Waals surface area (Å²) in [5.74, 6) is 0.252. The predicted molar refractivity (Wildman–Crippen MR) is 172 cm³/mol. The summed E-state index contributed by atoms with van der Waals surface area (Å²) in [6.45, 7) is 2.30. The van der Waals surface area contributed by atoms with Gasteiger partial charge in [-0.2, -0.15) is 0 Å². The van der Waals surface area contributed by atoms with Crippen LogP contribution in [0.3, 0.4) is 0 Å². The van der Waals surface area contributed by atoms with Crippen LogP contribution < -0.4 is 0 Å². The third kappa shape index (κ3) is 12.2. The molecule has 2 nitrogen and oxygen atoms in total. The molecule has 0 N–H and O–H groups in total. The summed E-state index contributed by atoms with van der Waals surface area (Å²) < 4.78 is 9.66. The Hall–Kier alpha value is 0.269. The summed E-state index contributed by atoms with van der Waals surface area (Å²) >= 11 is -3.13. The van der Waals surface area contributed by atoms with E-state index in [0.717, 1.165) is 18.2 Å². The van der Waals surface area contributed by atoms with E-state index in [2.05, 4.69) is 6.92 Å². The molecule has 0 aliphatic heterocycles. The topological polar surface area (TPSA) is 26.3 Å². The molecule has 3 aliphatic rings. The van der Waals surface area contributed by atoms with Gasteiger partial charge >= 0.3 is 205 Å². The molecular weight excluding hydrogens is 583 g/mol. The average Bonchev–Trinajstić information content (AvgIpc) is 2.99. The molecule has 3 fully saturated rings. The van der Waals surface area contributed by atoms with E-state index >= 15 is 0 Å². The van der Waals surface area contributed by atoms with Crippen molar-refractivity contribution in [1.29, 1.82) is 0 Å². The number of unbranched alkanes of at least 4 members (excludes halogenated alkanes) is 14. The summed E-state index contributed by atoms with van der Waals surface area (Å²) in [7, 11) is 0. The van der Waals surface area contributed by atoms with Crippen molar-refractivity contribution in [2.24, 2.45) is 0 Å². The quantitative estimate of drug-likeness (QED) is 0.0967. The Kier molecular flexibility index (Phi) is 18.2. The van der Waals surface area contributed by atoms with Crippen LogP contribution in [0.4, 0.5) is 0 Å². The van der Waals surface area contributed by atoms with E-state index in [1.165, 1.54) is 186 Å². The van der Waals surface area contributed by atoms with Crippen molar-refractivity contribution in [3.05, 3.63) is 0 Å². The van der Waals surface area contributed by atoms with E-state index in [4.69, 9.17) is 3.07 Å². The van der Waals surface area contributed by atoms with Crippen molar-refractivity contribution >= 4 is 24.8 Å². The Morgan fingerprint density at radius 2 is 0.795 bits per heavy atom. The zero-order chi connectivity index (χ0) is 27.4. The summed E-state index contributed by atoms with van der Waals surface area (Å²) in [6.07, 6.45) is 42.4. The van der Waals surface area contributed by atoms with Crippen LogP contribution in [0.2, 0.25) is 11.8 Å². The molecule has 0 atom stereocenters. The number of carbonyl (C=O) groups is 1. The second-order valence-corrected chi connectivity index (χ2v) is 26.5. The molecule has 0 aromatic carbocycles. The van der Waals surface area contributed by atoms with Gasteiger partial charge in [-0.05, 0) is 0 Å². The normalized spacial score (nSPS) is 20.3. The van der Waals surface area contributed by atoms with E-state index in [0.29, 0.717) is 6.42 Å². The van der Waals surface area contributed by atoms with Gasteiger partial charge in [-0.1, -0.05) is 45.4 Å². The maximum absolute atomic E-state index is 13.6. The van der Waals surface area contributed by atoms with Crippen LogP contribution in [0.15, 0.2) is 0 Å². The van der Waals surface area contributed by atoms with E-state index in [1.807, 2.05) is 0 Å². The van der Waals surface area contributed by atoms with Crippen LogP contribution in [0.25, 0.3) is 0 Å². The molecule has 3 saturated carbocycles. The van der Waals surface area contributed by atoms with Crippen molar-refractivity contribution in [3.63, 3.8) is 0 Å². The zero-order valence-corrected chi connectivity index (χ0v) is 29.3. The first kappa shape index (κ1) is 33.8. The SMILES string of the molecule is CCCCCCCCCCCCCCCCCC(=O)[O][Sn]([CH]1CCCCC1)([CH]1CCCCC1)[CH]1CCCCC1. The van der Waals surface area contributed by atoms with Gasteiger partial charge in [0.25, 0.3) is 0 Å². The molecule has 0 aromatic rings. The number of rotatable bonds is 20. The molecule has 0 bridgehead atoms. The molecule has 0 spiro atoms. The Labute approximate surface area is 249 Å². The molecule has 0 heterocycles. The monoisotopic (exact) mass is 652 g/mol. The van der Waals surface area contributed by atoms with Crippen LogP contribution in [0.5, 0.6) is 0 Å². The van der Waals surface area contributed by atoms with Crippen molar-refractivity contribution in [2.45, 2.75) is 218 Å². The standard InChI is InChI=1S/C18H36O2.3C6H11.Sn/c1-2-3-4-5-6-7-8-9-10-11-12-13-14-15-16-17-18(19)20;3*1-2-4-6-5-3-1;/h2-17H2,1H3,(H,19,20);3*1H,2-6H2;/q;;;;+1/p-1. The van der Waals surface area contributed by atoms with Gasteiger partial charge in [-0.15, -0.1) is 0 Å². The van der Waals surface area contributed by atoms with Gasteiger partial charge in [-0.3, -0.25) is 0 Å². The van der Waals surface area contributed by atoms with Crippen molar-refractivity contribution in [3.8, 4) is 0 Å². The minimum atomic E-state index is -3.13. The molecule has 228 valence electrons. The van der Waals surface area contributed by atoms with E-state index in [9.17, 15) is 4.79 Å². The van der Waals surface area contributed by atoms with Crippen LogP contribution >= 0.6 is 0 Å². The van der Waals surface area contributed by atoms with Gasteiger partial charge < -0.3 is 0 Å². The Morgan fingerprint density at radius 1 is 0.487 bits per heavy atom. The van der Waals surface area contributed by atoms with Crippen LogP contribution in [0, 0.1) is 0 Å². The molecule has 3 heteroatoms. The molecule has 0 unspecified atom stereocenters. The van der Waals surface area contributed by atoms with Gasteiger partial charge in [0.05, 0.1) is 0 Å². The Balaban J connectivity index is 1.36. The van der Waals surface area contributed by atoms with Crippen molar-refractivity contribution < 1.29 is 7.87 Å². The predicted octanol–water partition coefficient (Wildman–Crippen LogP) is 12.7. The molecule has 3 aliphatic carbocycles. The van der Waals surface area contributed by atoms with E-state index in [1.54, 1.807) is 0 Å². The van der Waals surface area contributed by atoms with E-state index < -0.39 is 18.8 Å². The van der Waals surface area contributed by atoms with Crippen LogP contribution in [0.1, 0.15) is 206 Å². The van der Waals surface area contributed by atoms with Crippen molar-refractivity contribution in [2.75, 3.05) is 0 Å². The fourth-order valence-electron chi connectivity index (χ4n) is 8.80. The molecule has 0 saturated heterocycles. The minimum absolute atomic E-state index is 0.252. The van der Waals surface area contributed by atoms with Gasteiger partial charge in [0, 0.05) is 0 Å². The third-order valence-corrected chi connectivity index (χ3v) is 28.5. The van der Waals surface area contributed by atoms with Crippen LogP contribution in [-0.4, -0.2) is 24.8 Å². The maximum atomic E-state index is 13.6. The fraction of sp³-hybridized carbons (Fsp3) is 0.972. The Morgan fingerprint density at radius 3 is 1.13 bits per heavy atom. The van der Waals surface area contributed by atoms with Crippen molar-refractivity contribution in [1.82, 2.24) is 0 Å². The first-order valence-corrected chi connectivity index (χ1v) is 24.6. The first-order valence-electron chi connectivity index (χ1n) is 18.5. The van der Waals surface area contributed by atoms with Gasteiger partial charge in [-0.25, -0.2) is 0 Å². The van der Waals surface area contributed by atoms with Crippen LogP contribution in [-0.2, 0) is 7.87 Å². The number of hydrogen-bond donors (Lipinski definition) is 0. The number of hydrogen-bond acceptors (Lipinski definition) is 2. The molecule has 0 radical (unpaired) electrons. The van der Waals surface area contributed by atoms with E-state index in [-0.39, 0.29) is 5.97 Å². The summed E-state index contributed by atoms with van der Waals surface area (Å²) in [5, 5.41) is 0. The molecular formula is C36H68O2Sn. The van der Waals surface area contributed by atoms with Gasteiger partial charge in [0.1, 0.15) is 0 Å². The third-order valence-electron chi connectivity index (χ3n) is 11.0. The fourth-order valence-corrected chi connectivity index (χ4v) is 28.6. The van der Waals surface area contributed by atoms with Gasteiger partial charge in [0.15, 0.2) is 0 Å². The first-order chi connectivity index (χ1) is 19.3. The molecule has 39 heavy (non-hydrogen) atoms. The molecule has 0 aromatic heterocycles. The molecule has 3 rings (SSSR count). The Bertz CT molecular complexity index is 556. The summed E-state index contributed by atoms with van der Waals surface area (Å²) in [5.41, 5.74) is 0. The average molecular weight is 652 g/mol. The summed E-state index contributed by atoms with van der Waals surface area (Å²) in [4.78, 5) is 13.6. The summed E-state index contributed by atoms with van der Waals surface area (Å²) in [6, 6.07) is 0. The number of carbonyl (C=O) groups excluding carboxylic acids is 1. The second kappa shape index (κ2) is 21.0. The zero-order valence-electron chi connectivity index (χ0n) is 26.5. The van der Waals surface area contributed by atoms with Gasteiger partial charge in [0.2, 0.25) is 0 Å². The second-order valence-electron chi connectivity index (χ2n) is 14.0. The molecule has 0 amide bonds.